The first-order valence-corrected chi connectivity index (χ1v) is 26.0. The number of likely N-dealkylation sites (tertiary alicyclic amines) is 1. The normalized spacial score (nSPS) is 19.3. The molecule has 0 radical (unpaired) electrons. The smallest absolute Gasteiger partial charge is 0.414 e. The number of likely N-dealkylation sites (N-methyl/N-ethyl adjacent to an activating group) is 2. The van der Waals surface area contributed by atoms with Gasteiger partial charge in [-0.1, -0.05) is 76.6 Å². The maximum Gasteiger partial charge on any atom is 0.414 e. The Kier molecular flexibility index (Phi) is 17.8. The monoisotopic (exact) mass is 970 g/mol. The molecule has 1 aromatic heterocycles. The van der Waals surface area contributed by atoms with E-state index in [2.05, 4.69) is 41.6 Å². The number of hydrogen-bond acceptors (Lipinski definition) is 10. The van der Waals surface area contributed by atoms with Gasteiger partial charge in [0.05, 0.1) is 42.6 Å². The molecule has 378 valence electrons. The zero-order valence-electron chi connectivity index (χ0n) is 43.1. The van der Waals surface area contributed by atoms with Gasteiger partial charge in [-0.2, -0.15) is 0 Å². The molecule has 2 aromatic carbocycles. The number of ether oxygens (including phenoxy) is 2. The van der Waals surface area contributed by atoms with Gasteiger partial charge < -0.3 is 29.9 Å². The van der Waals surface area contributed by atoms with Crippen LogP contribution in [0.5, 0.6) is 0 Å². The van der Waals surface area contributed by atoms with Crippen LogP contribution >= 0.6 is 11.3 Å². The van der Waals surface area contributed by atoms with Gasteiger partial charge >= 0.3 is 6.09 Å². The van der Waals surface area contributed by atoms with Gasteiger partial charge in [-0.05, 0) is 114 Å². The third-order valence-electron chi connectivity index (χ3n) is 15.1. The van der Waals surface area contributed by atoms with E-state index in [-0.39, 0.29) is 65.9 Å². The third-order valence-corrected chi connectivity index (χ3v) is 16.0. The van der Waals surface area contributed by atoms with Gasteiger partial charge in [-0.25, -0.2) is 9.78 Å². The minimum absolute atomic E-state index is 0.00188. The number of carbonyl (C=O) groups is 5. The van der Waals surface area contributed by atoms with Crippen molar-refractivity contribution in [2.45, 2.75) is 149 Å². The van der Waals surface area contributed by atoms with Gasteiger partial charge in [0.2, 0.25) is 23.6 Å². The molecule has 2 unspecified atom stereocenters. The van der Waals surface area contributed by atoms with Gasteiger partial charge in [0.1, 0.15) is 10.6 Å². The second-order valence-electron chi connectivity index (χ2n) is 21.3. The van der Waals surface area contributed by atoms with Crippen molar-refractivity contribution in [2.75, 3.05) is 52.8 Å². The van der Waals surface area contributed by atoms with Crippen LogP contribution < -0.4 is 15.5 Å². The lowest BCUT2D eigenvalue weighted by molar-refractivity contribution is -0.144. The Labute approximate surface area is 415 Å². The number of hydrogen-bond donors (Lipinski definition) is 2. The van der Waals surface area contributed by atoms with Gasteiger partial charge in [-0.3, -0.25) is 29.0 Å². The van der Waals surface area contributed by atoms with E-state index in [1.54, 1.807) is 43.6 Å². The van der Waals surface area contributed by atoms with Crippen LogP contribution in [-0.4, -0.2) is 127 Å². The molecule has 14 nitrogen and oxygen atoms in total. The van der Waals surface area contributed by atoms with E-state index in [0.29, 0.717) is 25.9 Å². The predicted octanol–water partition coefficient (Wildman–Crippen LogP) is 8.06. The van der Waals surface area contributed by atoms with Gasteiger partial charge in [0, 0.05) is 63.0 Å². The number of aromatic nitrogens is 1. The molecular weight excluding hydrogens is 891 g/mol. The summed E-state index contributed by atoms with van der Waals surface area (Å²) in [6.07, 6.45) is 8.18. The van der Waals surface area contributed by atoms with E-state index in [0.717, 1.165) is 66.8 Å². The summed E-state index contributed by atoms with van der Waals surface area (Å²) in [5.41, 5.74) is 1.55. The van der Waals surface area contributed by atoms with Crippen molar-refractivity contribution in [3.05, 3.63) is 82.3 Å². The second-order valence-corrected chi connectivity index (χ2v) is 22.2. The highest BCUT2D eigenvalue weighted by atomic mass is 32.1. The molecule has 1 saturated heterocycles. The van der Waals surface area contributed by atoms with E-state index in [9.17, 15) is 24.0 Å². The summed E-state index contributed by atoms with van der Waals surface area (Å²) in [4.78, 5) is 81.3. The average molecular weight is 970 g/mol. The highest BCUT2D eigenvalue weighted by Gasteiger charge is 2.73. The zero-order valence-corrected chi connectivity index (χ0v) is 43.9. The maximum absolute atomic E-state index is 14.6. The van der Waals surface area contributed by atoms with E-state index >= 15 is 0 Å². The largest absolute Gasteiger partial charge is 0.443 e. The molecule has 2 N–H and O–H groups in total. The molecule has 3 aromatic rings. The molecular formula is C54H79N7O7S. The summed E-state index contributed by atoms with van der Waals surface area (Å²) in [6, 6.07) is 16.8. The first-order valence-electron chi connectivity index (χ1n) is 25.1. The summed E-state index contributed by atoms with van der Waals surface area (Å²) in [5, 5.41) is 9.23. The van der Waals surface area contributed by atoms with E-state index in [1.165, 1.54) is 4.90 Å². The van der Waals surface area contributed by atoms with Gasteiger partial charge in [0.15, 0.2) is 0 Å². The molecule has 6 atom stereocenters. The molecule has 6 rings (SSSR count). The minimum atomic E-state index is -0.594. The summed E-state index contributed by atoms with van der Waals surface area (Å²) in [6.45, 7) is 14.7. The fraction of sp³-hybridized carbons (Fsp3) is 0.630. The number of anilines is 1. The first kappa shape index (κ1) is 53.5. The van der Waals surface area contributed by atoms with Crippen LogP contribution in [0, 0.1) is 22.7 Å². The number of nitrogens with zero attached hydrogens (tertiary/aromatic N) is 5. The summed E-state index contributed by atoms with van der Waals surface area (Å²) < 4.78 is 11.6. The van der Waals surface area contributed by atoms with Crippen molar-refractivity contribution in [3.8, 4) is 0 Å². The van der Waals surface area contributed by atoms with E-state index < -0.39 is 35.3 Å². The third kappa shape index (κ3) is 12.7. The van der Waals surface area contributed by atoms with Crippen LogP contribution in [0.1, 0.15) is 122 Å². The number of thiazole rings is 1. The number of nitrogens with one attached hydrogen (secondary N) is 2. The van der Waals surface area contributed by atoms with Crippen molar-refractivity contribution in [2.24, 2.45) is 22.7 Å². The number of methoxy groups -OCH3 is 1. The van der Waals surface area contributed by atoms with Crippen LogP contribution in [-0.2, 0) is 41.5 Å². The minimum Gasteiger partial charge on any atom is -0.443 e. The molecule has 1 aliphatic heterocycles. The molecule has 2 aliphatic carbocycles. The van der Waals surface area contributed by atoms with Crippen molar-refractivity contribution in [1.29, 1.82) is 0 Å². The highest BCUT2D eigenvalue weighted by Crippen LogP contribution is 2.73. The van der Waals surface area contributed by atoms with E-state index in [1.807, 2.05) is 99.3 Å². The zero-order chi connectivity index (χ0) is 50.3. The van der Waals surface area contributed by atoms with E-state index in [4.69, 9.17) is 9.47 Å². The van der Waals surface area contributed by atoms with Crippen LogP contribution in [0.2, 0.25) is 0 Å². The Hall–Kier alpha value is -4.86. The summed E-state index contributed by atoms with van der Waals surface area (Å²) in [5.74, 6) is -0.449. The number of carbonyl (C=O) groups excluding carboxylic acids is 5. The fourth-order valence-electron chi connectivity index (χ4n) is 10.9. The first-order chi connectivity index (χ1) is 32.7. The SMILES string of the molecule is CC[C@H](C)C(C(CC(=O)N1CCC[C@H]1C1(C2(C(=O)N[C@@H](Cc3ccccc3)c3nccs3)CC2)CC1)OC)N(C)C(=O)CNC(=O)[C@H](C(C)C)N(C)CCc1ccc(N(C)C(=O)OC(C)(C)C)cc1. The molecule has 69 heavy (non-hydrogen) atoms. The lowest BCUT2D eigenvalue weighted by Gasteiger charge is -2.40. The van der Waals surface area contributed by atoms with Crippen LogP contribution in [0.15, 0.2) is 66.2 Å². The Morgan fingerprint density at radius 1 is 0.942 bits per heavy atom. The molecule has 15 heteroatoms. The summed E-state index contributed by atoms with van der Waals surface area (Å²) >= 11 is 1.56. The number of benzene rings is 2. The second kappa shape index (κ2) is 22.9. The molecule has 3 aliphatic rings. The number of amides is 5. The molecule has 2 heterocycles. The Morgan fingerprint density at radius 2 is 1.62 bits per heavy atom. The highest BCUT2D eigenvalue weighted by molar-refractivity contribution is 7.09. The summed E-state index contributed by atoms with van der Waals surface area (Å²) in [7, 11) is 6.95. The topological polar surface area (TPSA) is 154 Å². The standard InChI is InChI=1S/C54H79N7O7S/c1-12-37(4)47(60(10)45(63)35-56-48(64)46(36(2)3)58(8)31-24-38-20-22-40(23-21-38)59(9)51(66)68-52(5,6)7)42(67-11)34-44(62)61-30-16-19-43(61)53(25-26-53)54(27-28-54)50(65)57-41(49-55-29-32-69-49)33-39-17-14-13-15-18-39/h13-15,17-18,20-23,29,32,36-37,41-43,46-47H,12,16,19,24-28,30-31,33-35H2,1-11H3,(H,56,64)(H,57,65)/t37-,41-,42?,43-,46-,47?/m0/s1. The number of rotatable bonds is 23. The average Bonchev–Trinajstić information content (AvgIpc) is 4.19. The quantitative estimate of drug-likeness (QED) is 0.0961. The Morgan fingerprint density at radius 3 is 2.19 bits per heavy atom. The lowest BCUT2D eigenvalue weighted by atomic mass is 9.77. The molecule has 3 fully saturated rings. The molecule has 2 saturated carbocycles. The fourth-order valence-corrected chi connectivity index (χ4v) is 11.6. The Bertz CT molecular complexity index is 2190. The van der Waals surface area contributed by atoms with Crippen molar-refractivity contribution in [1.82, 2.24) is 30.3 Å². The van der Waals surface area contributed by atoms with Crippen LogP contribution in [0.25, 0.3) is 0 Å². The Balaban J connectivity index is 1.05. The maximum atomic E-state index is 14.6. The predicted molar refractivity (Wildman–Crippen MR) is 272 cm³/mol. The lowest BCUT2D eigenvalue weighted by Crippen LogP contribution is -2.55. The van der Waals surface area contributed by atoms with Crippen molar-refractivity contribution in [3.63, 3.8) is 0 Å². The van der Waals surface area contributed by atoms with Crippen LogP contribution in [0.3, 0.4) is 0 Å². The molecule has 0 bridgehead atoms. The van der Waals surface area contributed by atoms with Crippen LogP contribution in [0.4, 0.5) is 10.5 Å². The van der Waals surface area contributed by atoms with Gasteiger partial charge in [0.25, 0.3) is 0 Å². The van der Waals surface area contributed by atoms with Crippen molar-refractivity contribution >= 4 is 46.7 Å². The molecule has 5 amide bonds. The van der Waals surface area contributed by atoms with Gasteiger partial charge in [-0.15, -0.1) is 11.3 Å². The van der Waals surface area contributed by atoms with Crippen molar-refractivity contribution < 1.29 is 33.4 Å². The molecule has 0 spiro atoms.